The maximum absolute atomic E-state index is 13.1. The highest BCUT2D eigenvalue weighted by molar-refractivity contribution is 8.00. The van der Waals surface area contributed by atoms with Crippen LogP contribution in [-0.2, 0) is 25.8 Å². The van der Waals surface area contributed by atoms with E-state index in [1.54, 1.807) is 35.2 Å². The van der Waals surface area contributed by atoms with Gasteiger partial charge in [-0.1, -0.05) is 16.8 Å². The van der Waals surface area contributed by atoms with E-state index < -0.39 is 29.2 Å². The molecule has 12 nitrogen and oxygen atoms in total. The van der Waals surface area contributed by atoms with E-state index in [2.05, 4.69) is 15.5 Å². The van der Waals surface area contributed by atoms with Crippen LogP contribution in [0.4, 0.5) is 5.13 Å². The standard InChI is InChI=1S/C22H20ClN7O5S2/c1-2-35-27-15(13-10-37-22(24)25-13)18(31)26-16-19(32)30-17(21(33)34)11(9-36-20(16)30)7-28-5-6-29-12(8-28)3-4-14(29)23/h3-6,8,10,16,20H,2,7,9H2,1H3,(H3-,24,25,26,31,33,34)/p+1/b27-15-/t16-,20+/m1/s1. The molecular weight excluding hydrogens is 542 g/mol. The Kier molecular flexibility index (Phi) is 6.79. The van der Waals surface area contributed by atoms with Crippen molar-refractivity contribution in [3.63, 3.8) is 0 Å². The van der Waals surface area contributed by atoms with Crippen LogP contribution in [0.2, 0.25) is 5.15 Å². The summed E-state index contributed by atoms with van der Waals surface area (Å²) in [5.41, 5.74) is 7.14. The van der Waals surface area contributed by atoms with Gasteiger partial charge in [0.25, 0.3) is 11.8 Å². The lowest BCUT2D eigenvalue weighted by Gasteiger charge is -2.49. The summed E-state index contributed by atoms with van der Waals surface area (Å²) < 4.78 is 3.63. The van der Waals surface area contributed by atoms with Crippen LogP contribution in [0.3, 0.4) is 0 Å². The quantitative estimate of drug-likeness (QED) is 0.159. The van der Waals surface area contributed by atoms with E-state index in [9.17, 15) is 19.5 Å². The summed E-state index contributed by atoms with van der Waals surface area (Å²) in [6.45, 7) is 2.21. The van der Waals surface area contributed by atoms with Crippen molar-refractivity contribution in [2.75, 3.05) is 18.1 Å². The van der Waals surface area contributed by atoms with Gasteiger partial charge in [-0.3, -0.25) is 18.9 Å². The number of aromatic nitrogens is 3. The van der Waals surface area contributed by atoms with Crippen molar-refractivity contribution in [2.24, 2.45) is 5.16 Å². The number of hydrogen-bond donors (Lipinski definition) is 3. The third kappa shape index (κ3) is 4.63. The number of nitrogens with two attached hydrogens (primary N) is 1. The van der Waals surface area contributed by atoms with Gasteiger partial charge in [0.1, 0.15) is 40.1 Å². The van der Waals surface area contributed by atoms with Crippen molar-refractivity contribution in [2.45, 2.75) is 24.9 Å². The van der Waals surface area contributed by atoms with Gasteiger partial charge in [0.05, 0.1) is 6.20 Å². The molecule has 0 spiro atoms. The third-order valence-electron chi connectivity index (χ3n) is 5.78. The Balaban J connectivity index is 1.35. The van der Waals surface area contributed by atoms with Crippen LogP contribution in [0.5, 0.6) is 0 Å². The summed E-state index contributed by atoms with van der Waals surface area (Å²) in [4.78, 5) is 48.6. The molecule has 5 rings (SSSR count). The van der Waals surface area contributed by atoms with E-state index in [1.807, 2.05) is 16.8 Å². The zero-order valence-corrected chi connectivity index (χ0v) is 21.7. The van der Waals surface area contributed by atoms with Gasteiger partial charge in [0.15, 0.2) is 29.8 Å². The number of thioether (sulfide) groups is 1. The van der Waals surface area contributed by atoms with Gasteiger partial charge >= 0.3 is 5.97 Å². The Bertz CT molecular complexity index is 1480. The molecule has 3 aromatic heterocycles. The summed E-state index contributed by atoms with van der Waals surface area (Å²) in [5.74, 6) is -2.03. The minimum Gasteiger partial charge on any atom is -0.477 e. The van der Waals surface area contributed by atoms with E-state index in [4.69, 9.17) is 22.2 Å². The second-order valence-electron chi connectivity index (χ2n) is 8.10. The van der Waals surface area contributed by atoms with E-state index in [1.165, 1.54) is 16.7 Å². The molecule has 0 aliphatic carbocycles. The zero-order valence-electron chi connectivity index (χ0n) is 19.3. The lowest BCUT2D eigenvalue weighted by atomic mass is 10.0. The number of carboxylic acid groups (broad SMARTS) is 1. The number of hydrogen-bond acceptors (Lipinski definition) is 9. The second-order valence-corrected chi connectivity index (χ2v) is 10.5. The molecule has 2 amide bonds. The number of carbonyl (C=O) groups is 3. The fourth-order valence-electron chi connectivity index (χ4n) is 4.13. The van der Waals surface area contributed by atoms with Crippen LogP contribution in [0.15, 0.2) is 52.5 Å². The van der Waals surface area contributed by atoms with Gasteiger partial charge in [-0.15, -0.1) is 23.1 Å². The molecule has 1 fully saturated rings. The van der Waals surface area contributed by atoms with Crippen molar-refractivity contribution in [1.82, 2.24) is 19.6 Å². The molecule has 0 unspecified atom stereocenters. The zero-order chi connectivity index (χ0) is 26.3. The first-order valence-electron chi connectivity index (χ1n) is 11.1. The summed E-state index contributed by atoms with van der Waals surface area (Å²) >= 11 is 8.65. The number of nitrogens with one attached hydrogen (secondary N) is 1. The number of aliphatic carboxylic acids is 1. The minimum absolute atomic E-state index is 0.0736. The number of amides is 2. The molecule has 192 valence electrons. The molecule has 1 saturated heterocycles. The first-order chi connectivity index (χ1) is 17.8. The van der Waals surface area contributed by atoms with Crippen LogP contribution in [0.25, 0.3) is 5.52 Å². The fourth-order valence-corrected chi connectivity index (χ4v) is 6.23. The van der Waals surface area contributed by atoms with Gasteiger partial charge in [-0.25, -0.2) is 9.78 Å². The number of anilines is 1. The van der Waals surface area contributed by atoms with Crippen molar-refractivity contribution < 1.29 is 28.9 Å². The van der Waals surface area contributed by atoms with Crippen molar-refractivity contribution in [3.05, 3.63) is 58.2 Å². The van der Waals surface area contributed by atoms with E-state index in [0.29, 0.717) is 16.5 Å². The summed E-state index contributed by atoms with van der Waals surface area (Å²) in [5, 5.41) is 18.3. The molecule has 5 heterocycles. The molecule has 37 heavy (non-hydrogen) atoms. The fraction of sp³-hybridized carbons (Fsp3) is 0.273. The lowest BCUT2D eigenvalue weighted by molar-refractivity contribution is -0.688. The Morgan fingerprint density at radius 1 is 1.43 bits per heavy atom. The molecule has 2 aliphatic heterocycles. The lowest BCUT2D eigenvalue weighted by Crippen LogP contribution is -2.71. The average molecular weight is 563 g/mol. The predicted molar refractivity (Wildman–Crippen MR) is 137 cm³/mol. The van der Waals surface area contributed by atoms with E-state index in [-0.39, 0.29) is 35.4 Å². The van der Waals surface area contributed by atoms with Crippen LogP contribution in [-0.4, -0.2) is 66.7 Å². The number of carboxylic acids is 1. The molecule has 2 aliphatic rings. The van der Waals surface area contributed by atoms with E-state index >= 15 is 0 Å². The summed E-state index contributed by atoms with van der Waals surface area (Å²) in [7, 11) is 0. The predicted octanol–water partition coefficient (Wildman–Crippen LogP) is 1.10. The van der Waals surface area contributed by atoms with Crippen LogP contribution in [0.1, 0.15) is 12.6 Å². The smallest absolute Gasteiger partial charge is 0.352 e. The largest absolute Gasteiger partial charge is 0.477 e. The Hall–Kier alpha value is -3.62. The molecule has 2 atom stereocenters. The highest BCUT2D eigenvalue weighted by atomic mass is 35.5. The van der Waals surface area contributed by atoms with Gasteiger partial charge < -0.3 is 21.0 Å². The molecule has 3 aromatic rings. The molecule has 0 saturated carbocycles. The van der Waals surface area contributed by atoms with Crippen molar-refractivity contribution in [1.29, 1.82) is 0 Å². The first kappa shape index (κ1) is 25.0. The minimum atomic E-state index is -1.21. The van der Waals surface area contributed by atoms with E-state index in [0.717, 1.165) is 16.9 Å². The highest BCUT2D eigenvalue weighted by Gasteiger charge is 2.54. The Labute approximate surface area is 223 Å². The van der Waals surface area contributed by atoms with Gasteiger partial charge in [-0.2, -0.15) is 4.57 Å². The third-order valence-corrected chi connectivity index (χ3v) is 8.10. The average Bonchev–Trinajstić information content (AvgIpc) is 3.47. The van der Waals surface area contributed by atoms with Gasteiger partial charge in [-0.05, 0) is 19.1 Å². The number of halogens is 1. The Morgan fingerprint density at radius 3 is 2.95 bits per heavy atom. The summed E-state index contributed by atoms with van der Waals surface area (Å²) in [6, 6.07) is 2.69. The molecule has 0 radical (unpaired) electrons. The monoisotopic (exact) mass is 562 g/mol. The molecule has 15 heteroatoms. The van der Waals surface area contributed by atoms with Gasteiger partial charge in [0, 0.05) is 16.7 Å². The Morgan fingerprint density at radius 2 is 2.24 bits per heavy atom. The topological polar surface area (TPSA) is 156 Å². The number of carbonyl (C=O) groups excluding carboxylic acids is 2. The van der Waals surface area contributed by atoms with Crippen LogP contribution >= 0.6 is 34.7 Å². The second kappa shape index (κ2) is 10.0. The normalized spacial score (nSPS) is 19.6. The van der Waals surface area contributed by atoms with Crippen LogP contribution < -0.4 is 15.6 Å². The number of thiazole rings is 1. The molecule has 0 aromatic carbocycles. The molecular formula is C22H21ClN7O5S2+. The highest BCUT2D eigenvalue weighted by Crippen LogP contribution is 2.40. The van der Waals surface area contributed by atoms with Crippen LogP contribution in [0, 0.1) is 0 Å². The SMILES string of the molecule is CCO/N=C(\C(=O)N[C@@H]1C(=O)N2C(C(=O)O)=C(C[n+]3ccn4c(Cl)ccc4c3)CS[C@@H]12)c1csc(N)n1. The first-order valence-corrected chi connectivity index (χ1v) is 13.4. The van der Waals surface area contributed by atoms with Crippen molar-refractivity contribution >= 4 is 68.8 Å². The van der Waals surface area contributed by atoms with Gasteiger partial charge in [0.2, 0.25) is 0 Å². The maximum Gasteiger partial charge on any atom is 0.352 e. The number of nitrogens with zero attached hydrogens (tertiary/aromatic N) is 5. The molecule has 0 bridgehead atoms. The molecule has 4 N–H and O–H groups in total. The number of fused-ring (bicyclic) bond motifs is 2. The number of oxime groups is 1. The maximum atomic E-state index is 13.1. The summed E-state index contributed by atoms with van der Waals surface area (Å²) in [6.07, 6.45) is 5.42. The number of rotatable bonds is 8. The van der Waals surface area contributed by atoms with Crippen molar-refractivity contribution in [3.8, 4) is 0 Å². The number of β-lactam (4-membered cyclic amide) rings is 1. The number of nitrogen functional groups attached to an aromatic ring is 1.